The largest absolute Gasteiger partial charge is 0.484 e. The molecule has 6 heteroatoms. The van der Waals surface area contributed by atoms with Crippen molar-refractivity contribution < 1.29 is 23.5 Å². The summed E-state index contributed by atoms with van der Waals surface area (Å²) in [7, 11) is 1.32. The minimum atomic E-state index is -0.425. The van der Waals surface area contributed by atoms with Crippen LogP contribution in [0, 0.1) is 0 Å². The second-order valence-corrected chi connectivity index (χ2v) is 6.16. The van der Waals surface area contributed by atoms with Crippen LogP contribution in [0.2, 0.25) is 0 Å². The molecule has 4 aromatic rings. The average Bonchev–Trinajstić information content (AvgIpc) is 3.10. The fourth-order valence-corrected chi connectivity index (χ4v) is 2.95. The van der Waals surface area contributed by atoms with Crippen LogP contribution >= 0.6 is 0 Å². The van der Waals surface area contributed by atoms with Gasteiger partial charge >= 0.3 is 5.97 Å². The van der Waals surface area contributed by atoms with Gasteiger partial charge in [0, 0.05) is 16.5 Å². The Hall–Kier alpha value is -3.80. The summed E-state index contributed by atoms with van der Waals surface area (Å²) in [4.78, 5) is 23.6. The van der Waals surface area contributed by atoms with Gasteiger partial charge in [0.1, 0.15) is 16.9 Å². The van der Waals surface area contributed by atoms with Gasteiger partial charge in [-0.2, -0.15) is 0 Å². The van der Waals surface area contributed by atoms with Crippen molar-refractivity contribution in [2.24, 2.45) is 0 Å². The van der Waals surface area contributed by atoms with Gasteiger partial charge in [0.2, 0.25) is 0 Å². The SMILES string of the molecule is COC(=O)c1ccc(OCC(=O)Nc2ccc3oc4ccccc4c3c2)cc1. The molecule has 0 saturated heterocycles. The molecule has 1 heterocycles. The summed E-state index contributed by atoms with van der Waals surface area (Å²) < 4.78 is 15.9. The molecule has 0 aliphatic rings. The second kappa shape index (κ2) is 7.44. The Morgan fingerprint density at radius 3 is 2.46 bits per heavy atom. The van der Waals surface area contributed by atoms with Gasteiger partial charge in [-0.05, 0) is 48.5 Å². The fourth-order valence-electron chi connectivity index (χ4n) is 2.95. The lowest BCUT2D eigenvalue weighted by Gasteiger charge is -2.08. The normalized spacial score (nSPS) is 10.8. The topological polar surface area (TPSA) is 77.8 Å². The van der Waals surface area contributed by atoms with Gasteiger partial charge in [0.25, 0.3) is 5.91 Å². The Labute approximate surface area is 160 Å². The molecule has 4 rings (SSSR count). The minimum absolute atomic E-state index is 0.151. The Morgan fingerprint density at radius 2 is 1.68 bits per heavy atom. The van der Waals surface area contributed by atoms with E-state index in [0.717, 1.165) is 21.9 Å². The third-order valence-corrected chi connectivity index (χ3v) is 4.31. The van der Waals surface area contributed by atoms with Crippen LogP contribution in [0.5, 0.6) is 5.75 Å². The highest BCUT2D eigenvalue weighted by Gasteiger charge is 2.10. The van der Waals surface area contributed by atoms with Crippen molar-refractivity contribution in [3.63, 3.8) is 0 Å². The highest BCUT2D eigenvalue weighted by molar-refractivity contribution is 6.07. The van der Waals surface area contributed by atoms with Gasteiger partial charge < -0.3 is 19.2 Å². The van der Waals surface area contributed by atoms with E-state index in [4.69, 9.17) is 9.15 Å². The van der Waals surface area contributed by atoms with E-state index in [9.17, 15) is 9.59 Å². The molecule has 0 fully saturated rings. The molecule has 1 amide bonds. The van der Waals surface area contributed by atoms with Gasteiger partial charge in [-0.15, -0.1) is 0 Å². The number of amides is 1. The zero-order valence-corrected chi connectivity index (χ0v) is 15.1. The Balaban J connectivity index is 1.42. The van der Waals surface area contributed by atoms with Gasteiger partial charge in [-0.3, -0.25) is 4.79 Å². The van der Waals surface area contributed by atoms with Crippen LogP contribution in [0.25, 0.3) is 21.9 Å². The highest BCUT2D eigenvalue weighted by atomic mass is 16.5. The van der Waals surface area contributed by atoms with Crippen LogP contribution in [-0.4, -0.2) is 25.6 Å². The van der Waals surface area contributed by atoms with Crippen molar-refractivity contribution in [2.75, 3.05) is 19.0 Å². The molecule has 0 atom stereocenters. The Bertz CT molecular complexity index is 1160. The van der Waals surface area contributed by atoms with Gasteiger partial charge in [-0.1, -0.05) is 18.2 Å². The molecule has 0 saturated carbocycles. The quantitative estimate of drug-likeness (QED) is 0.524. The summed E-state index contributed by atoms with van der Waals surface area (Å²) in [5.41, 5.74) is 2.65. The fraction of sp³-hybridized carbons (Fsp3) is 0.0909. The first-order valence-corrected chi connectivity index (χ1v) is 8.66. The van der Waals surface area contributed by atoms with E-state index < -0.39 is 5.97 Å². The van der Waals surface area contributed by atoms with Crippen molar-refractivity contribution >= 4 is 39.5 Å². The smallest absolute Gasteiger partial charge is 0.337 e. The molecule has 3 aromatic carbocycles. The zero-order valence-electron chi connectivity index (χ0n) is 15.1. The molecule has 140 valence electrons. The molecule has 1 N–H and O–H groups in total. The third kappa shape index (κ3) is 3.53. The van der Waals surface area contributed by atoms with Crippen molar-refractivity contribution in [3.05, 3.63) is 72.3 Å². The zero-order chi connectivity index (χ0) is 19.5. The lowest BCUT2D eigenvalue weighted by molar-refractivity contribution is -0.118. The third-order valence-electron chi connectivity index (χ3n) is 4.31. The number of rotatable bonds is 5. The number of anilines is 1. The van der Waals surface area contributed by atoms with Gasteiger partial charge in [-0.25, -0.2) is 4.79 Å². The van der Waals surface area contributed by atoms with E-state index >= 15 is 0 Å². The molecule has 0 unspecified atom stereocenters. The first-order chi connectivity index (χ1) is 13.6. The van der Waals surface area contributed by atoms with Crippen molar-refractivity contribution in [2.45, 2.75) is 0 Å². The van der Waals surface area contributed by atoms with E-state index in [1.165, 1.54) is 7.11 Å². The minimum Gasteiger partial charge on any atom is -0.484 e. The number of benzene rings is 3. The lowest BCUT2D eigenvalue weighted by Crippen LogP contribution is -2.20. The van der Waals surface area contributed by atoms with Gasteiger partial charge in [0.05, 0.1) is 12.7 Å². The van der Waals surface area contributed by atoms with E-state index in [-0.39, 0.29) is 12.5 Å². The number of carbonyl (C=O) groups is 2. The van der Waals surface area contributed by atoms with Crippen LogP contribution < -0.4 is 10.1 Å². The van der Waals surface area contributed by atoms with Crippen LogP contribution in [0.15, 0.2) is 71.1 Å². The number of hydrogen-bond acceptors (Lipinski definition) is 5. The number of carbonyl (C=O) groups excluding carboxylic acids is 2. The van der Waals surface area contributed by atoms with Crippen molar-refractivity contribution in [1.29, 1.82) is 0 Å². The molecular weight excluding hydrogens is 358 g/mol. The number of nitrogens with one attached hydrogen (secondary N) is 1. The molecule has 0 radical (unpaired) electrons. The van der Waals surface area contributed by atoms with Crippen molar-refractivity contribution in [3.8, 4) is 5.75 Å². The molecule has 1 aromatic heterocycles. The monoisotopic (exact) mass is 375 g/mol. The Kier molecular flexibility index (Phi) is 4.68. The van der Waals surface area contributed by atoms with Crippen molar-refractivity contribution in [1.82, 2.24) is 0 Å². The first kappa shape index (κ1) is 17.6. The standard InChI is InChI=1S/C22H17NO5/c1-26-22(25)14-6-9-16(10-7-14)27-13-21(24)23-15-8-11-20-18(12-15)17-4-2-3-5-19(17)28-20/h2-12H,13H2,1H3,(H,23,24). The first-order valence-electron chi connectivity index (χ1n) is 8.66. The number of furan rings is 1. The molecule has 6 nitrogen and oxygen atoms in total. The highest BCUT2D eigenvalue weighted by Crippen LogP contribution is 2.30. The van der Waals surface area contributed by atoms with Crippen LogP contribution in [0.3, 0.4) is 0 Å². The molecule has 0 aliphatic carbocycles. The number of esters is 1. The summed E-state index contributed by atoms with van der Waals surface area (Å²) >= 11 is 0. The molecular formula is C22H17NO5. The number of methoxy groups -OCH3 is 1. The summed E-state index contributed by atoms with van der Waals surface area (Å²) in [5.74, 6) is -0.227. The number of para-hydroxylation sites is 1. The maximum Gasteiger partial charge on any atom is 0.337 e. The van der Waals surface area contributed by atoms with E-state index in [0.29, 0.717) is 17.0 Å². The maximum atomic E-state index is 12.2. The second-order valence-electron chi connectivity index (χ2n) is 6.16. The maximum absolute atomic E-state index is 12.2. The average molecular weight is 375 g/mol. The number of ether oxygens (including phenoxy) is 2. The summed E-state index contributed by atoms with van der Waals surface area (Å²) in [6, 6.07) is 19.6. The number of fused-ring (bicyclic) bond motifs is 3. The van der Waals surface area contributed by atoms with Crippen LogP contribution in [0.4, 0.5) is 5.69 Å². The van der Waals surface area contributed by atoms with Crippen LogP contribution in [-0.2, 0) is 9.53 Å². The lowest BCUT2D eigenvalue weighted by atomic mass is 10.1. The molecule has 28 heavy (non-hydrogen) atoms. The number of hydrogen-bond donors (Lipinski definition) is 1. The Morgan fingerprint density at radius 1 is 0.929 bits per heavy atom. The summed E-state index contributed by atoms with van der Waals surface area (Å²) in [6.07, 6.45) is 0. The van der Waals surface area contributed by atoms with E-state index in [2.05, 4.69) is 10.1 Å². The van der Waals surface area contributed by atoms with E-state index in [1.807, 2.05) is 36.4 Å². The van der Waals surface area contributed by atoms with E-state index in [1.54, 1.807) is 30.3 Å². The molecule has 0 aliphatic heterocycles. The summed E-state index contributed by atoms with van der Waals surface area (Å²) in [5, 5.41) is 4.75. The van der Waals surface area contributed by atoms with Gasteiger partial charge in [0.15, 0.2) is 6.61 Å². The summed E-state index contributed by atoms with van der Waals surface area (Å²) in [6.45, 7) is -0.151. The van der Waals surface area contributed by atoms with Crippen LogP contribution in [0.1, 0.15) is 10.4 Å². The molecule has 0 spiro atoms. The predicted molar refractivity (Wildman–Crippen MR) is 106 cm³/mol. The predicted octanol–water partition coefficient (Wildman–Crippen LogP) is 4.39. The molecule has 0 bridgehead atoms.